The van der Waals surface area contributed by atoms with Crippen molar-refractivity contribution in [2.75, 3.05) is 11.1 Å². The Morgan fingerprint density at radius 1 is 1.33 bits per heavy atom. The molecule has 7 heteroatoms. The molecular formula is C20H20N4O2S. The number of thioether (sulfide) groups is 1. The van der Waals surface area contributed by atoms with Crippen LogP contribution in [0.2, 0.25) is 0 Å². The maximum absolute atomic E-state index is 12.7. The van der Waals surface area contributed by atoms with Crippen molar-refractivity contribution in [3.63, 3.8) is 0 Å². The fraction of sp³-hybridized carbons (Fsp3) is 0.150. The Morgan fingerprint density at radius 2 is 2.07 bits per heavy atom. The number of rotatable bonds is 6. The molecule has 3 aromatic rings. The van der Waals surface area contributed by atoms with Crippen LogP contribution in [-0.2, 0) is 11.3 Å². The van der Waals surface area contributed by atoms with Crippen LogP contribution >= 0.6 is 11.8 Å². The van der Waals surface area contributed by atoms with Gasteiger partial charge in [-0.2, -0.15) is 4.98 Å². The number of nitrogens with one attached hydrogen (secondary N) is 1. The molecule has 0 bridgehead atoms. The van der Waals surface area contributed by atoms with E-state index in [2.05, 4.69) is 16.9 Å². The first-order valence-electron chi connectivity index (χ1n) is 8.43. The monoisotopic (exact) mass is 380 g/mol. The number of nitrogen functional groups attached to an aromatic ring is 1. The number of allylic oxidation sites excluding steroid dienone is 1. The van der Waals surface area contributed by atoms with Crippen LogP contribution in [0.4, 0.5) is 11.5 Å². The molecule has 0 saturated carbocycles. The van der Waals surface area contributed by atoms with Crippen LogP contribution in [-0.4, -0.2) is 20.7 Å². The van der Waals surface area contributed by atoms with E-state index in [0.29, 0.717) is 17.5 Å². The third-order valence-electron chi connectivity index (χ3n) is 4.03. The van der Waals surface area contributed by atoms with Crippen LogP contribution in [0.5, 0.6) is 0 Å². The molecule has 0 saturated heterocycles. The highest BCUT2D eigenvalue weighted by molar-refractivity contribution is 8.00. The van der Waals surface area contributed by atoms with E-state index in [4.69, 9.17) is 5.73 Å². The van der Waals surface area contributed by atoms with E-state index < -0.39 is 10.8 Å². The average Bonchev–Trinajstić information content (AvgIpc) is 2.64. The van der Waals surface area contributed by atoms with Gasteiger partial charge in [0, 0.05) is 23.7 Å². The molecule has 0 aliphatic heterocycles. The predicted molar refractivity (Wildman–Crippen MR) is 111 cm³/mol. The zero-order valence-corrected chi connectivity index (χ0v) is 15.7. The molecule has 6 nitrogen and oxygen atoms in total. The number of hydrogen-bond donors (Lipinski definition) is 2. The Bertz CT molecular complexity index is 1060. The first kappa shape index (κ1) is 18.7. The number of amides is 1. The molecule has 1 aromatic heterocycles. The van der Waals surface area contributed by atoms with Crippen LogP contribution in [0.25, 0.3) is 10.8 Å². The maximum Gasteiger partial charge on any atom is 0.275 e. The lowest BCUT2D eigenvalue weighted by atomic mass is 10.1. The molecule has 0 unspecified atom stereocenters. The van der Waals surface area contributed by atoms with E-state index in [1.807, 2.05) is 42.5 Å². The van der Waals surface area contributed by atoms with E-state index >= 15 is 0 Å². The van der Waals surface area contributed by atoms with Gasteiger partial charge in [-0.25, -0.2) is 0 Å². The molecule has 27 heavy (non-hydrogen) atoms. The quantitative estimate of drug-likeness (QED) is 0.389. The molecule has 0 aliphatic carbocycles. The van der Waals surface area contributed by atoms with Crippen molar-refractivity contribution in [1.29, 1.82) is 0 Å². The third-order valence-corrected chi connectivity index (χ3v) is 5.12. The van der Waals surface area contributed by atoms with Gasteiger partial charge in [-0.15, -0.1) is 6.58 Å². The van der Waals surface area contributed by atoms with E-state index in [1.54, 1.807) is 17.6 Å². The van der Waals surface area contributed by atoms with E-state index in [0.717, 1.165) is 16.5 Å². The van der Waals surface area contributed by atoms with Gasteiger partial charge in [-0.3, -0.25) is 9.59 Å². The summed E-state index contributed by atoms with van der Waals surface area (Å²) >= 11 is 1.18. The summed E-state index contributed by atoms with van der Waals surface area (Å²) in [5.41, 5.74) is 6.22. The standard InChI is InChI=1S/C20H20N4O2S/c1-3-11-24-17(21)12-18(25)23-20(24)27-13(2)19(26)22-16-10-6-8-14-7-4-5-9-15(14)16/h3-10,12-13H,1,11,21H2,2H3,(H,22,26)/t13-/m0/s1. The number of carbonyl (C=O) groups is 1. The van der Waals surface area contributed by atoms with Gasteiger partial charge in [-0.05, 0) is 18.4 Å². The third kappa shape index (κ3) is 4.20. The largest absolute Gasteiger partial charge is 0.385 e. The Labute approximate surface area is 161 Å². The summed E-state index contributed by atoms with van der Waals surface area (Å²) in [4.78, 5) is 28.4. The molecule has 3 rings (SSSR count). The van der Waals surface area contributed by atoms with Gasteiger partial charge < -0.3 is 15.6 Å². The lowest BCUT2D eigenvalue weighted by Crippen LogP contribution is -2.25. The first-order chi connectivity index (χ1) is 13.0. The van der Waals surface area contributed by atoms with E-state index in [1.165, 1.54) is 17.8 Å². The molecule has 0 aliphatic rings. The molecule has 1 atom stereocenters. The number of nitrogens with two attached hydrogens (primary N) is 1. The molecule has 2 aromatic carbocycles. The second-order valence-electron chi connectivity index (χ2n) is 5.98. The molecule has 3 N–H and O–H groups in total. The number of fused-ring (bicyclic) bond motifs is 1. The van der Waals surface area contributed by atoms with Crippen molar-refractivity contribution < 1.29 is 4.79 Å². The average molecular weight is 380 g/mol. The lowest BCUT2D eigenvalue weighted by Gasteiger charge is -2.16. The number of benzene rings is 2. The van der Waals surface area contributed by atoms with Gasteiger partial charge in [0.1, 0.15) is 5.82 Å². The second-order valence-corrected chi connectivity index (χ2v) is 7.29. The predicted octanol–water partition coefficient (Wildman–Crippen LogP) is 3.28. The topological polar surface area (TPSA) is 90.0 Å². The van der Waals surface area contributed by atoms with Crippen molar-refractivity contribution in [2.45, 2.75) is 23.9 Å². The molecular weight excluding hydrogens is 360 g/mol. The summed E-state index contributed by atoms with van der Waals surface area (Å²) in [5.74, 6) is 0.109. The molecule has 0 radical (unpaired) electrons. The summed E-state index contributed by atoms with van der Waals surface area (Å²) in [6.45, 7) is 5.85. The van der Waals surface area contributed by atoms with Gasteiger partial charge in [0.2, 0.25) is 5.91 Å². The summed E-state index contributed by atoms with van der Waals surface area (Å²) in [6.07, 6.45) is 1.66. The Hall–Kier alpha value is -3.06. The molecule has 1 heterocycles. The van der Waals surface area contributed by atoms with Gasteiger partial charge in [0.15, 0.2) is 5.16 Å². The van der Waals surface area contributed by atoms with E-state index in [-0.39, 0.29) is 5.91 Å². The van der Waals surface area contributed by atoms with Crippen LogP contribution in [0.1, 0.15) is 6.92 Å². The SMILES string of the molecule is C=CCn1c(N)cc(=O)nc1S[C@@H](C)C(=O)Nc1cccc2ccccc12. The second kappa shape index (κ2) is 8.09. The van der Waals surface area contributed by atoms with Gasteiger partial charge >= 0.3 is 0 Å². The van der Waals surface area contributed by atoms with Crippen molar-refractivity contribution in [3.8, 4) is 0 Å². The highest BCUT2D eigenvalue weighted by Gasteiger charge is 2.19. The smallest absolute Gasteiger partial charge is 0.275 e. The zero-order chi connectivity index (χ0) is 19.4. The molecule has 1 amide bonds. The van der Waals surface area contributed by atoms with Gasteiger partial charge in [-0.1, -0.05) is 54.2 Å². The van der Waals surface area contributed by atoms with Crippen LogP contribution in [0.15, 0.2) is 71.1 Å². The lowest BCUT2D eigenvalue weighted by molar-refractivity contribution is -0.115. The minimum absolute atomic E-state index is 0.182. The van der Waals surface area contributed by atoms with Crippen LogP contribution in [0.3, 0.4) is 0 Å². The Balaban J connectivity index is 1.82. The van der Waals surface area contributed by atoms with Gasteiger partial charge in [0.25, 0.3) is 5.56 Å². The van der Waals surface area contributed by atoms with Crippen molar-refractivity contribution in [3.05, 3.63) is 71.5 Å². The first-order valence-corrected chi connectivity index (χ1v) is 9.31. The highest BCUT2D eigenvalue weighted by atomic mass is 32.2. The van der Waals surface area contributed by atoms with E-state index in [9.17, 15) is 9.59 Å². The minimum Gasteiger partial charge on any atom is -0.385 e. The Morgan fingerprint density at radius 3 is 2.85 bits per heavy atom. The number of nitrogens with zero attached hydrogens (tertiary/aromatic N) is 2. The summed E-state index contributed by atoms with van der Waals surface area (Å²) in [5, 5.41) is 4.89. The summed E-state index contributed by atoms with van der Waals surface area (Å²) in [6, 6.07) is 14.9. The fourth-order valence-electron chi connectivity index (χ4n) is 2.68. The van der Waals surface area contributed by atoms with Crippen molar-refractivity contribution in [1.82, 2.24) is 9.55 Å². The fourth-order valence-corrected chi connectivity index (χ4v) is 3.62. The molecule has 0 spiro atoms. The molecule has 0 fully saturated rings. The number of aromatic nitrogens is 2. The Kier molecular flexibility index (Phi) is 5.61. The van der Waals surface area contributed by atoms with Gasteiger partial charge in [0.05, 0.1) is 5.25 Å². The van der Waals surface area contributed by atoms with Crippen molar-refractivity contribution in [2.24, 2.45) is 0 Å². The number of anilines is 2. The molecule has 138 valence electrons. The van der Waals surface area contributed by atoms with Crippen LogP contribution in [0, 0.1) is 0 Å². The minimum atomic E-state index is -0.478. The van der Waals surface area contributed by atoms with Crippen molar-refractivity contribution >= 4 is 39.9 Å². The highest BCUT2D eigenvalue weighted by Crippen LogP contribution is 2.26. The number of carbonyl (C=O) groups excluding carboxylic acids is 1. The summed E-state index contributed by atoms with van der Waals surface area (Å²) < 4.78 is 1.65. The maximum atomic E-state index is 12.7. The zero-order valence-electron chi connectivity index (χ0n) is 14.9. The number of hydrogen-bond acceptors (Lipinski definition) is 5. The van der Waals surface area contributed by atoms with Crippen LogP contribution < -0.4 is 16.6 Å². The summed E-state index contributed by atoms with van der Waals surface area (Å²) in [7, 11) is 0. The normalized spacial score (nSPS) is 11.9.